The number of nitrogens with one attached hydrogen (secondary N) is 2. The van der Waals surface area contributed by atoms with Crippen molar-refractivity contribution in [3.05, 3.63) is 58.6 Å². The molecule has 24 heavy (non-hydrogen) atoms. The summed E-state index contributed by atoms with van der Waals surface area (Å²) in [7, 11) is 0. The van der Waals surface area contributed by atoms with Crippen LogP contribution in [0.5, 0.6) is 11.5 Å². The summed E-state index contributed by atoms with van der Waals surface area (Å²) in [5.41, 5.74) is 1.79. The Balaban J connectivity index is 1.36. The second-order valence-corrected chi connectivity index (χ2v) is 6.52. The van der Waals surface area contributed by atoms with Crippen LogP contribution in [-0.4, -0.2) is 12.8 Å². The van der Waals surface area contributed by atoms with Crippen molar-refractivity contribution in [3.8, 4) is 11.5 Å². The Morgan fingerprint density at radius 3 is 2.58 bits per heavy atom. The number of hydrogen-bond donors (Lipinski definition) is 2. The molecular formula is C18H17ClN2O3. The zero-order valence-corrected chi connectivity index (χ0v) is 13.7. The zero-order valence-electron chi connectivity index (χ0n) is 13.0. The fourth-order valence-corrected chi connectivity index (χ4v) is 3.00. The molecule has 1 fully saturated rings. The predicted octanol–water partition coefficient (Wildman–Crippen LogP) is 3.56. The fourth-order valence-electron chi connectivity index (χ4n) is 2.87. The minimum absolute atomic E-state index is 0.180. The van der Waals surface area contributed by atoms with Crippen molar-refractivity contribution in [3.63, 3.8) is 0 Å². The first-order valence-corrected chi connectivity index (χ1v) is 8.23. The predicted molar refractivity (Wildman–Crippen MR) is 90.3 cm³/mol. The summed E-state index contributed by atoms with van der Waals surface area (Å²) in [5, 5.41) is 6.67. The molecule has 0 atom stereocenters. The van der Waals surface area contributed by atoms with Crippen LogP contribution in [0.25, 0.3) is 0 Å². The molecule has 0 unspecified atom stereocenters. The van der Waals surface area contributed by atoms with Gasteiger partial charge in [0.15, 0.2) is 11.5 Å². The smallest absolute Gasteiger partial charge is 0.315 e. The van der Waals surface area contributed by atoms with Crippen molar-refractivity contribution in [2.24, 2.45) is 0 Å². The average Bonchev–Trinajstić information content (AvgIpc) is 3.20. The van der Waals surface area contributed by atoms with E-state index in [9.17, 15) is 4.79 Å². The highest BCUT2D eigenvalue weighted by molar-refractivity contribution is 6.30. The van der Waals surface area contributed by atoms with Crippen LogP contribution in [0.1, 0.15) is 24.0 Å². The Labute approximate surface area is 144 Å². The number of fused-ring (bicyclic) bond motifs is 1. The number of amides is 2. The van der Waals surface area contributed by atoms with Crippen LogP contribution in [0.15, 0.2) is 42.5 Å². The van der Waals surface area contributed by atoms with Crippen LogP contribution < -0.4 is 20.1 Å². The Hall–Kier alpha value is -2.40. The van der Waals surface area contributed by atoms with E-state index in [2.05, 4.69) is 10.6 Å². The molecule has 2 amide bonds. The lowest BCUT2D eigenvalue weighted by atomic mass is 10.1. The molecular weight excluding hydrogens is 328 g/mol. The van der Waals surface area contributed by atoms with Gasteiger partial charge < -0.3 is 20.1 Å². The lowest BCUT2D eigenvalue weighted by molar-refractivity contribution is 0.174. The van der Waals surface area contributed by atoms with E-state index in [1.807, 2.05) is 42.5 Å². The van der Waals surface area contributed by atoms with Gasteiger partial charge in [-0.15, -0.1) is 0 Å². The molecule has 0 saturated heterocycles. The molecule has 0 bridgehead atoms. The lowest BCUT2D eigenvalue weighted by Crippen LogP contribution is -2.41. The van der Waals surface area contributed by atoms with Gasteiger partial charge >= 0.3 is 6.03 Å². The molecule has 1 saturated carbocycles. The number of carbonyl (C=O) groups is 1. The van der Waals surface area contributed by atoms with E-state index in [1.165, 1.54) is 0 Å². The third-order valence-corrected chi connectivity index (χ3v) is 4.64. The molecule has 0 aromatic heterocycles. The second kappa shape index (κ2) is 5.91. The Morgan fingerprint density at radius 1 is 1.08 bits per heavy atom. The summed E-state index contributed by atoms with van der Waals surface area (Å²) < 4.78 is 10.6. The summed E-state index contributed by atoms with van der Waals surface area (Å²) >= 11 is 5.93. The van der Waals surface area contributed by atoms with Gasteiger partial charge in [-0.2, -0.15) is 0 Å². The molecule has 1 aliphatic carbocycles. The first-order valence-electron chi connectivity index (χ1n) is 7.85. The monoisotopic (exact) mass is 344 g/mol. The topological polar surface area (TPSA) is 59.6 Å². The van der Waals surface area contributed by atoms with E-state index in [-0.39, 0.29) is 18.4 Å². The second-order valence-electron chi connectivity index (χ2n) is 6.08. The van der Waals surface area contributed by atoms with Gasteiger partial charge in [0.2, 0.25) is 6.79 Å². The lowest BCUT2D eigenvalue weighted by Gasteiger charge is -2.18. The molecule has 0 radical (unpaired) electrons. The van der Waals surface area contributed by atoms with E-state index < -0.39 is 0 Å². The number of urea groups is 1. The van der Waals surface area contributed by atoms with Gasteiger partial charge in [0.05, 0.1) is 5.54 Å². The highest BCUT2D eigenvalue weighted by atomic mass is 35.5. The van der Waals surface area contributed by atoms with E-state index in [0.29, 0.717) is 11.6 Å². The van der Waals surface area contributed by atoms with Gasteiger partial charge in [-0.05, 0) is 48.2 Å². The molecule has 5 nitrogen and oxygen atoms in total. The zero-order chi connectivity index (χ0) is 16.6. The molecule has 2 aliphatic rings. The van der Waals surface area contributed by atoms with Crippen molar-refractivity contribution in [1.29, 1.82) is 0 Å². The first-order chi connectivity index (χ1) is 11.6. The minimum atomic E-state index is -0.260. The maximum atomic E-state index is 12.2. The van der Waals surface area contributed by atoms with Crippen LogP contribution in [0.3, 0.4) is 0 Å². The quantitative estimate of drug-likeness (QED) is 0.891. The first kappa shape index (κ1) is 15.1. The Bertz CT molecular complexity index is 772. The van der Waals surface area contributed by atoms with Gasteiger partial charge in [-0.1, -0.05) is 29.8 Å². The molecule has 6 heteroatoms. The highest BCUT2D eigenvalue weighted by Crippen LogP contribution is 2.45. The maximum Gasteiger partial charge on any atom is 0.315 e. The SMILES string of the molecule is O=C(NCc1ccc2c(c1)OCO2)NC1(c2ccc(Cl)cc2)CC1. The summed E-state index contributed by atoms with van der Waals surface area (Å²) in [6, 6.07) is 13.1. The number of benzene rings is 2. The number of hydrogen-bond acceptors (Lipinski definition) is 3. The number of carbonyl (C=O) groups excluding carboxylic acids is 1. The van der Waals surface area contributed by atoms with Crippen molar-refractivity contribution in [2.75, 3.05) is 6.79 Å². The molecule has 124 valence electrons. The highest BCUT2D eigenvalue weighted by Gasteiger charge is 2.45. The number of ether oxygens (including phenoxy) is 2. The van der Waals surface area contributed by atoms with E-state index in [1.54, 1.807) is 0 Å². The van der Waals surface area contributed by atoms with Crippen molar-refractivity contribution in [1.82, 2.24) is 10.6 Å². The fraction of sp³-hybridized carbons (Fsp3) is 0.278. The average molecular weight is 345 g/mol. The molecule has 2 aromatic rings. The van der Waals surface area contributed by atoms with Gasteiger partial charge in [0.25, 0.3) is 0 Å². The molecule has 0 spiro atoms. The van der Waals surface area contributed by atoms with Gasteiger partial charge in [-0.25, -0.2) is 4.79 Å². The summed E-state index contributed by atoms with van der Waals surface area (Å²) in [5.74, 6) is 1.46. The third kappa shape index (κ3) is 2.99. The standard InChI is InChI=1S/C18H17ClN2O3/c19-14-4-2-13(3-5-14)18(7-8-18)21-17(22)20-10-12-1-6-15-16(9-12)24-11-23-15/h1-6,9H,7-8,10-11H2,(H2,20,21,22). The van der Waals surface area contributed by atoms with E-state index in [4.69, 9.17) is 21.1 Å². The summed E-state index contributed by atoms with van der Waals surface area (Å²) in [6.45, 7) is 0.676. The van der Waals surface area contributed by atoms with Crippen LogP contribution in [-0.2, 0) is 12.1 Å². The molecule has 2 aromatic carbocycles. The largest absolute Gasteiger partial charge is 0.454 e. The molecule has 1 aliphatic heterocycles. The van der Waals surface area contributed by atoms with Crippen molar-refractivity contribution in [2.45, 2.75) is 24.9 Å². The molecule has 1 heterocycles. The third-order valence-electron chi connectivity index (χ3n) is 4.39. The summed E-state index contributed by atoms with van der Waals surface area (Å²) in [6.07, 6.45) is 1.87. The summed E-state index contributed by atoms with van der Waals surface area (Å²) in [4.78, 5) is 12.2. The molecule has 2 N–H and O–H groups in total. The van der Waals surface area contributed by atoms with Crippen LogP contribution in [0.4, 0.5) is 4.79 Å². The van der Waals surface area contributed by atoms with Gasteiger partial charge in [0, 0.05) is 11.6 Å². The van der Waals surface area contributed by atoms with Gasteiger partial charge in [0.1, 0.15) is 0 Å². The Morgan fingerprint density at radius 2 is 1.83 bits per heavy atom. The van der Waals surface area contributed by atoms with Gasteiger partial charge in [-0.3, -0.25) is 0 Å². The Kier molecular flexibility index (Phi) is 3.73. The van der Waals surface area contributed by atoms with Crippen molar-refractivity contribution < 1.29 is 14.3 Å². The molecule has 4 rings (SSSR count). The number of rotatable bonds is 4. The van der Waals surface area contributed by atoms with Crippen LogP contribution in [0, 0.1) is 0 Å². The van der Waals surface area contributed by atoms with E-state index in [0.717, 1.165) is 35.5 Å². The van der Waals surface area contributed by atoms with Crippen molar-refractivity contribution >= 4 is 17.6 Å². The number of halogens is 1. The van der Waals surface area contributed by atoms with Crippen LogP contribution >= 0.6 is 11.6 Å². The maximum absolute atomic E-state index is 12.2. The van der Waals surface area contributed by atoms with E-state index >= 15 is 0 Å². The normalized spacial score (nSPS) is 16.5. The minimum Gasteiger partial charge on any atom is -0.454 e. The van der Waals surface area contributed by atoms with Crippen LogP contribution in [0.2, 0.25) is 5.02 Å².